The Bertz CT molecular complexity index is 496. The summed E-state index contributed by atoms with van der Waals surface area (Å²) in [5.74, 6) is -5.08. The van der Waals surface area contributed by atoms with Crippen LogP contribution in [0.5, 0.6) is 0 Å². The van der Waals surface area contributed by atoms with Crippen molar-refractivity contribution in [3.63, 3.8) is 0 Å². The summed E-state index contributed by atoms with van der Waals surface area (Å²) >= 11 is 0. The van der Waals surface area contributed by atoms with Gasteiger partial charge in [0.2, 0.25) is 5.91 Å². The van der Waals surface area contributed by atoms with Gasteiger partial charge in [0, 0.05) is 7.05 Å². The Labute approximate surface area is 124 Å². The highest BCUT2D eigenvalue weighted by atomic mass is 127. The van der Waals surface area contributed by atoms with E-state index < -0.39 is 29.0 Å². The van der Waals surface area contributed by atoms with Gasteiger partial charge in [0.15, 0.2) is 23.4 Å². The van der Waals surface area contributed by atoms with Crippen LogP contribution in [-0.4, -0.2) is 25.5 Å². The fourth-order valence-corrected chi connectivity index (χ4v) is 1.07. The molecule has 1 amide bonds. The van der Waals surface area contributed by atoms with Crippen LogP contribution in [0.1, 0.15) is 0 Å². The van der Waals surface area contributed by atoms with Crippen molar-refractivity contribution >= 4 is 41.5 Å². The number of aliphatic imine (C=N–C) groups is 1. The summed E-state index contributed by atoms with van der Waals surface area (Å²) in [4.78, 5) is 14.8. The third-order valence-electron chi connectivity index (χ3n) is 1.98. The lowest BCUT2D eigenvalue weighted by molar-refractivity contribution is -0.115. The molecule has 0 aliphatic heterocycles. The van der Waals surface area contributed by atoms with Crippen molar-refractivity contribution in [3.8, 4) is 0 Å². The predicted molar refractivity (Wildman–Crippen MR) is 75.9 cm³/mol. The molecule has 5 nitrogen and oxygen atoms in total. The first kappa shape index (κ1) is 17.5. The number of nitrogens with one attached hydrogen (secondary N) is 2. The summed E-state index contributed by atoms with van der Waals surface area (Å²) in [6.45, 7) is -0.276. The molecule has 1 aromatic rings. The van der Waals surface area contributed by atoms with E-state index in [1.165, 1.54) is 7.05 Å². The second-order valence-electron chi connectivity index (χ2n) is 3.23. The van der Waals surface area contributed by atoms with Crippen LogP contribution in [0, 0.1) is 17.5 Å². The summed E-state index contributed by atoms with van der Waals surface area (Å²) in [6.07, 6.45) is 0. The highest BCUT2D eigenvalue weighted by Crippen LogP contribution is 2.19. The predicted octanol–water partition coefficient (Wildman–Crippen LogP) is 1.19. The topological polar surface area (TPSA) is 79.5 Å². The molecular formula is C10H12F3IN4O. The summed E-state index contributed by atoms with van der Waals surface area (Å²) in [5, 5.41) is 4.49. The van der Waals surface area contributed by atoms with Crippen LogP contribution >= 0.6 is 24.0 Å². The number of hydrogen-bond donors (Lipinski definition) is 3. The number of benzene rings is 1. The lowest BCUT2D eigenvalue weighted by atomic mass is 10.2. The minimum atomic E-state index is -1.64. The van der Waals surface area contributed by atoms with Gasteiger partial charge in [-0.15, -0.1) is 24.0 Å². The van der Waals surface area contributed by atoms with Crippen LogP contribution < -0.4 is 16.4 Å². The second-order valence-corrected chi connectivity index (χ2v) is 3.23. The number of hydrogen-bond acceptors (Lipinski definition) is 2. The van der Waals surface area contributed by atoms with Crippen LogP contribution in [0.25, 0.3) is 0 Å². The molecule has 1 aromatic carbocycles. The Kier molecular flexibility index (Phi) is 7.19. The van der Waals surface area contributed by atoms with Crippen molar-refractivity contribution in [1.29, 1.82) is 0 Å². The van der Waals surface area contributed by atoms with Gasteiger partial charge < -0.3 is 16.4 Å². The number of guanidine groups is 1. The Morgan fingerprint density at radius 3 is 2.53 bits per heavy atom. The normalized spacial score (nSPS) is 10.6. The maximum atomic E-state index is 13.2. The molecule has 0 atom stereocenters. The molecule has 0 aliphatic rings. The van der Waals surface area contributed by atoms with Crippen LogP contribution in [0.2, 0.25) is 0 Å². The van der Waals surface area contributed by atoms with E-state index in [0.29, 0.717) is 6.07 Å². The summed E-state index contributed by atoms with van der Waals surface area (Å²) < 4.78 is 38.7. The van der Waals surface area contributed by atoms with E-state index in [1.807, 2.05) is 0 Å². The number of carbonyl (C=O) groups is 1. The number of rotatable bonds is 3. The van der Waals surface area contributed by atoms with Gasteiger partial charge in [-0.2, -0.15) is 0 Å². The molecule has 0 spiro atoms. The zero-order valence-electron chi connectivity index (χ0n) is 9.84. The lowest BCUT2D eigenvalue weighted by Crippen LogP contribution is -2.37. The summed E-state index contributed by atoms with van der Waals surface area (Å²) in [7, 11) is 1.41. The molecule has 1 rings (SSSR count). The maximum Gasteiger partial charge on any atom is 0.243 e. The highest BCUT2D eigenvalue weighted by molar-refractivity contribution is 14.0. The van der Waals surface area contributed by atoms with E-state index in [2.05, 4.69) is 15.6 Å². The molecule has 106 valence electrons. The van der Waals surface area contributed by atoms with Gasteiger partial charge in [0.05, 0.1) is 12.2 Å². The summed E-state index contributed by atoms with van der Waals surface area (Å²) in [6, 6.07) is 1.63. The Hall–Kier alpha value is -1.52. The van der Waals surface area contributed by atoms with Gasteiger partial charge in [0.25, 0.3) is 0 Å². The highest BCUT2D eigenvalue weighted by Gasteiger charge is 2.14. The lowest BCUT2D eigenvalue weighted by Gasteiger charge is -2.08. The van der Waals surface area contributed by atoms with E-state index in [1.54, 1.807) is 0 Å². The minimum Gasteiger partial charge on any atom is -0.370 e. The van der Waals surface area contributed by atoms with Gasteiger partial charge in [0.1, 0.15) is 0 Å². The molecule has 0 saturated heterocycles. The fourth-order valence-electron chi connectivity index (χ4n) is 1.07. The fraction of sp³-hybridized carbons (Fsp3) is 0.200. The molecule has 0 fully saturated rings. The van der Waals surface area contributed by atoms with Gasteiger partial charge in [-0.1, -0.05) is 0 Å². The Morgan fingerprint density at radius 1 is 1.32 bits per heavy atom. The van der Waals surface area contributed by atoms with Gasteiger partial charge in [-0.05, 0) is 12.1 Å². The van der Waals surface area contributed by atoms with Gasteiger partial charge >= 0.3 is 0 Å². The molecule has 0 unspecified atom stereocenters. The monoisotopic (exact) mass is 388 g/mol. The van der Waals surface area contributed by atoms with Crippen molar-refractivity contribution in [1.82, 2.24) is 5.32 Å². The molecular weight excluding hydrogens is 376 g/mol. The molecule has 0 saturated carbocycles. The number of halogens is 4. The Morgan fingerprint density at radius 2 is 1.95 bits per heavy atom. The van der Waals surface area contributed by atoms with Crippen LogP contribution in [0.3, 0.4) is 0 Å². The number of amides is 1. The molecule has 19 heavy (non-hydrogen) atoms. The minimum absolute atomic E-state index is 0. The van der Waals surface area contributed by atoms with Gasteiger partial charge in [-0.3, -0.25) is 9.79 Å². The van der Waals surface area contributed by atoms with Crippen LogP contribution in [0.4, 0.5) is 18.9 Å². The first-order valence-corrected chi connectivity index (χ1v) is 4.85. The van der Waals surface area contributed by atoms with Crippen LogP contribution in [-0.2, 0) is 4.79 Å². The number of nitrogens with zero attached hydrogens (tertiary/aromatic N) is 1. The molecule has 0 bridgehead atoms. The van der Waals surface area contributed by atoms with Crippen molar-refractivity contribution in [2.75, 3.05) is 18.9 Å². The first-order chi connectivity index (χ1) is 8.45. The third-order valence-corrected chi connectivity index (χ3v) is 1.98. The zero-order valence-corrected chi connectivity index (χ0v) is 12.2. The first-order valence-electron chi connectivity index (χ1n) is 4.85. The van der Waals surface area contributed by atoms with Crippen molar-refractivity contribution in [3.05, 3.63) is 29.6 Å². The molecule has 4 N–H and O–H groups in total. The van der Waals surface area contributed by atoms with E-state index in [0.717, 1.165) is 6.07 Å². The Balaban J connectivity index is 0.00000324. The number of anilines is 1. The quantitative estimate of drug-likeness (QED) is 0.315. The van der Waals surface area contributed by atoms with Crippen molar-refractivity contribution in [2.24, 2.45) is 10.7 Å². The number of nitrogens with two attached hydrogens (primary N) is 1. The average molecular weight is 388 g/mol. The largest absolute Gasteiger partial charge is 0.370 e. The third kappa shape index (κ3) is 4.93. The molecule has 0 radical (unpaired) electrons. The molecule has 0 aliphatic carbocycles. The van der Waals surface area contributed by atoms with E-state index in [4.69, 9.17) is 5.73 Å². The molecule has 9 heteroatoms. The average Bonchev–Trinajstić information content (AvgIpc) is 2.36. The van der Waals surface area contributed by atoms with Crippen molar-refractivity contribution < 1.29 is 18.0 Å². The second kappa shape index (κ2) is 7.81. The summed E-state index contributed by atoms with van der Waals surface area (Å²) in [5.41, 5.74) is 4.81. The van der Waals surface area contributed by atoms with E-state index in [9.17, 15) is 18.0 Å². The molecule has 0 aromatic heterocycles. The maximum absolute atomic E-state index is 13.2. The van der Waals surface area contributed by atoms with Gasteiger partial charge in [-0.25, -0.2) is 13.2 Å². The van der Waals surface area contributed by atoms with E-state index in [-0.39, 0.29) is 36.5 Å². The van der Waals surface area contributed by atoms with Crippen LogP contribution in [0.15, 0.2) is 17.1 Å². The smallest absolute Gasteiger partial charge is 0.243 e. The standard InChI is InChI=1S/C10H11F3N4O.HI/c1-15-10(14)16-4-7(18)17-6-3-2-5(11)8(12)9(6)13;/h2-3H,4H2,1H3,(H,17,18)(H3,14,15,16);1H. The SMILES string of the molecule is CN=C(N)NCC(=O)Nc1ccc(F)c(F)c1F.I. The van der Waals surface area contributed by atoms with Crippen molar-refractivity contribution in [2.45, 2.75) is 0 Å². The molecule has 0 heterocycles. The number of carbonyl (C=O) groups excluding carboxylic acids is 1. The zero-order chi connectivity index (χ0) is 13.7. The van der Waals surface area contributed by atoms with E-state index >= 15 is 0 Å².